The van der Waals surface area contributed by atoms with Crippen molar-refractivity contribution in [1.82, 2.24) is 0 Å². The van der Waals surface area contributed by atoms with Crippen LogP contribution in [0.1, 0.15) is 5.56 Å². The minimum Gasteiger partial charge on any atom is -0.497 e. The Morgan fingerprint density at radius 3 is 2.81 bits per heavy atom. The number of fused-ring (bicyclic) bond motifs is 3. The molecule has 3 rings (SSSR count). The number of rotatable bonds is 1. The van der Waals surface area contributed by atoms with Crippen LogP contribution < -0.4 is 9.47 Å². The molecule has 0 saturated heterocycles. The van der Waals surface area contributed by atoms with Gasteiger partial charge in [0.25, 0.3) is 0 Å². The molecule has 2 aromatic rings. The molecule has 0 amide bonds. The van der Waals surface area contributed by atoms with Crippen molar-refractivity contribution in [3.8, 4) is 22.6 Å². The highest BCUT2D eigenvalue weighted by Gasteiger charge is 2.16. The summed E-state index contributed by atoms with van der Waals surface area (Å²) >= 11 is 0. The first-order valence-corrected chi connectivity index (χ1v) is 5.27. The summed E-state index contributed by atoms with van der Waals surface area (Å²) in [7, 11) is 1.68. The molecule has 0 bridgehead atoms. The lowest BCUT2D eigenvalue weighted by atomic mass is 9.97. The summed E-state index contributed by atoms with van der Waals surface area (Å²) in [6.45, 7) is 0.648. The van der Waals surface area contributed by atoms with Crippen LogP contribution in [0.15, 0.2) is 42.5 Å². The molecular formula is C14H12O2. The van der Waals surface area contributed by atoms with Gasteiger partial charge in [0.05, 0.1) is 7.11 Å². The van der Waals surface area contributed by atoms with Gasteiger partial charge in [0.15, 0.2) is 0 Å². The fraction of sp³-hybridized carbons (Fsp3) is 0.143. The van der Waals surface area contributed by atoms with Crippen molar-refractivity contribution in [3.63, 3.8) is 0 Å². The molecule has 0 spiro atoms. The van der Waals surface area contributed by atoms with Crippen LogP contribution in [0.2, 0.25) is 0 Å². The first-order chi connectivity index (χ1) is 7.88. The summed E-state index contributed by atoms with van der Waals surface area (Å²) in [5.74, 6) is 1.79. The average molecular weight is 212 g/mol. The largest absolute Gasteiger partial charge is 0.497 e. The van der Waals surface area contributed by atoms with Gasteiger partial charge in [0.1, 0.15) is 18.1 Å². The number of ether oxygens (including phenoxy) is 2. The van der Waals surface area contributed by atoms with E-state index in [1.165, 1.54) is 11.1 Å². The summed E-state index contributed by atoms with van der Waals surface area (Å²) in [6, 6.07) is 14.2. The van der Waals surface area contributed by atoms with Crippen LogP contribution in [0.3, 0.4) is 0 Å². The first-order valence-electron chi connectivity index (χ1n) is 5.27. The predicted octanol–water partition coefficient (Wildman–Crippen LogP) is 3.25. The van der Waals surface area contributed by atoms with Crippen molar-refractivity contribution >= 4 is 0 Å². The highest BCUT2D eigenvalue weighted by Crippen LogP contribution is 2.39. The molecule has 2 aromatic carbocycles. The Labute approximate surface area is 94.4 Å². The lowest BCUT2D eigenvalue weighted by Crippen LogP contribution is -2.05. The molecule has 1 aliphatic heterocycles. The third-order valence-electron chi connectivity index (χ3n) is 2.88. The van der Waals surface area contributed by atoms with Crippen LogP contribution in [-0.4, -0.2) is 7.11 Å². The molecule has 0 aliphatic carbocycles. The van der Waals surface area contributed by atoms with Gasteiger partial charge in [-0.2, -0.15) is 0 Å². The molecule has 0 aromatic heterocycles. The summed E-state index contributed by atoms with van der Waals surface area (Å²) in [6.07, 6.45) is 0. The average Bonchev–Trinajstić information content (AvgIpc) is 2.38. The SMILES string of the molecule is COc1ccc2c(c1)-c1ccccc1CO2. The van der Waals surface area contributed by atoms with E-state index in [4.69, 9.17) is 9.47 Å². The van der Waals surface area contributed by atoms with E-state index in [-0.39, 0.29) is 0 Å². The van der Waals surface area contributed by atoms with E-state index in [9.17, 15) is 0 Å². The van der Waals surface area contributed by atoms with Crippen LogP contribution in [-0.2, 0) is 6.61 Å². The van der Waals surface area contributed by atoms with Gasteiger partial charge in [-0.25, -0.2) is 0 Å². The second-order valence-electron chi connectivity index (χ2n) is 3.81. The summed E-state index contributed by atoms with van der Waals surface area (Å²) in [4.78, 5) is 0. The molecule has 80 valence electrons. The molecule has 16 heavy (non-hydrogen) atoms. The van der Waals surface area contributed by atoms with E-state index in [1.807, 2.05) is 30.3 Å². The zero-order valence-electron chi connectivity index (χ0n) is 9.07. The maximum absolute atomic E-state index is 5.69. The number of benzene rings is 2. The topological polar surface area (TPSA) is 18.5 Å². The second-order valence-corrected chi connectivity index (χ2v) is 3.81. The molecule has 2 heteroatoms. The van der Waals surface area contributed by atoms with Gasteiger partial charge in [0, 0.05) is 5.56 Å². The third kappa shape index (κ3) is 1.34. The van der Waals surface area contributed by atoms with Crippen LogP contribution in [0.25, 0.3) is 11.1 Å². The highest BCUT2D eigenvalue weighted by molar-refractivity contribution is 5.76. The van der Waals surface area contributed by atoms with Crippen molar-refractivity contribution in [1.29, 1.82) is 0 Å². The Morgan fingerprint density at radius 1 is 1.06 bits per heavy atom. The number of methoxy groups -OCH3 is 1. The van der Waals surface area contributed by atoms with Gasteiger partial charge in [-0.15, -0.1) is 0 Å². The second kappa shape index (κ2) is 3.56. The Hall–Kier alpha value is -1.96. The van der Waals surface area contributed by atoms with E-state index in [0.717, 1.165) is 17.1 Å². The van der Waals surface area contributed by atoms with Crippen molar-refractivity contribution in [3.05, 3.63) is 48.0 Å². The zero-order valence-corrected chi connectivity index (χ0v) is 9.07. The Balaban J connectivity index is 2.22. The van der Waals surface area contributed by atoms with Crippen LogP contribution in [0, 0.1) is 0 Å². The van der Waals surface area contributed by atoms with E-state index in [2.05, 4.69) is 12.1 Å². The molecule has 2 nitrogen and oxygen atoms in total. The van der Waals surface area contributed by atoms with Gasteiger partial charge in [-0.3, -0.25) is 0 Å². The van der Waals surface area contributed by atoms with E-state index in [0.29, 0.717) is 6.61 Å². The van der Waals surface area contributed by atoms with Crippen LogP contribution in [0.4, 0.5) is 0 Å². The monoisotopic (exact) mass is 212 g/mol. The standard InChI is InChI=1S/C14H12O2/c1-15-11-6-7-14-13(8-11)12-5-3-2-4-10(12)9-16-14/h2-8H,9H2,1H3. The quantitative estimate of drug-likeness (QED) is 0.722. The smallest absolute Gasteiger partial charge is 0.127 e. The minimum absolute atomic E-state index is 0.648. The molecule has 0 saturated carbocycles. The van der Waals surface area contributed by atoms with Crippen LogP contribution >= 0.6 is 0 Å². The van der Waals surface area contributed by atoms with E-state index in [1.54, 1.807) is 7.11 Å². The molecule has 1 heterocycles. The predicted molar refractivity (Wildman–Crippen MR) is 62.8 cm³/mol. The lowest BCUT2D eigenvalue weighted by Gasteiger charge is -2.21. The van der Waals surface area contributed by atoms with Gasteiger partial charge in [0.2, 0.25) is 0 Å². The molecule has 1 aliphatic rings. The molecule has 0 radical (unpaired) electrons. The van der Waals surface area contributed by atoms with E-state index >= 15 is 0 Å². The first kappa shape index (κ1) is 9.28. The minimum atomic E-state index is 0.648. The van der Waals surface area contributed by atoms with Gasteiger partial charge in [-0.05, 0) is 29.3 Å². The molecule has 0 N–H and O–H groups in total. The molecule has 0 atom stereocenters. The van der Waals surface area contributed by atoms with Gasteiger partial charge in [-0.1, -0.05) is 24.3 Å². The van der Waals surface area contributed by atoms with Crippen molar-refractivity contribution < 1.29 is 9.47 Å². The van der Waals surface area contributed by atoms with Gasteiger partial charge < -0.3 is 9.47 Å². The zero-order chi connectivity index (χ0) is 11.0. The van der Waals surface area contributed by atoms with Crippen molar-refractivity contribution in [2.45, 2.75) is 6.61 Å². The molecule has 0 unspecified atom stereocenters. The summed E-state index contributed by atoms with van der Waals surface area (Å²) < 4.78 is 10.9. The Bertz CT molecular complexity index is 532. The summed E-state index contributed by atoms with van der Waals surface area (Å²) in [5.41, 5.74) is 3.58. The lowest BCUT2D eigenvalue weighted by molar-refractivity contribution is 0.301. The van der Waals surface area contributed by atoms with Crippen molar-refractivity contribution in [2.75, 3.05) is 7.11 Å². The van der Waals surface area contributed by atoms with Gasteiger partial charge >= 0.3 is 0 Å². The Morgan fingerprint density at radius 2 is 1.94 bits per heavy atom. The number of hydrogen-bond donors (Lipinski definition) is 0. The summed E-state index contributed by atoms with van der Waals surface area (Å²) in [5, 5.41) is 0. The maximum atomic E-state index is 5.69. The van der Waals surface area contributed by atoms with E-state index < -0.39 is 0 Å². The Kier molecular flexibility index (Phi) is 2.07. The fourth-order valence-electron chi connectivity index (χ4n) is 2.04. The molecular weight excluding hydrogens is 200 g/mol. The third-order valence-corrected chi connectivity index (χ3v) is 2.88. The fourth-order valence-corrected chi connectivity index (χ4v) is 2.04. The number of hydrogen-bond acceptors (Lipinski definition) is 2. The normalized spacial score (nSPS) is 12.3. The van der Waals surface area contributed by atoms with Crippen LogP contribution in [0.5, 0.6) is 11.5 Å². The van der Waals surface area contributed by atoms with Crippen molar-refractivity contribution in [2.24, 2.45) is 0 Å². The maximum Gasteiger partial charge on any atom is 0.127 e. The molecule has 0 fully saturated rings. The highest BCUT2D eigenvalue weighted by atomic mass is 16.5.